The number of methoxy groups -OCH3 is 1. The van der Waals surface area contributed by atoms with Crippen LogP contribution in [0.4, 0.5) is 0 Å². The maximum atomic E-state index is 5.40. The van der Waals surface area contributed by atoms with E-state index in [0.29, 0.717) is 5.89 Å². The molecule has 0 unspecified atom stereocenters. The van der Waals surface area contributed by atoms with Gasteiger partial charge in [0.25, 0.3) is 0 Å². The average molecular weight is 303 g/mol. The third-order valence-corrected chi connectivity index (χ3v) is 3.60. The Kier molecular flexibility index (Phi) is 5.55. The van der Waals surface area contributed by atoms with E-state index >= 15 is 0 Å². The summed E-state index contributed by atoms with van der Waals surface area (Å²) in [5.74, 6) is 2.58. The lowest BCUT2D eigenvalue weighted by Gasteiger charge is -2.18. The van der Waals surface area contributed by atoms with Crippen LogP contribution in [0, 0.1) is 0 Å². The second-order valence-corrected chi connectivity index (χ2v) is 5.95. The van der Waals surface area contributed by atoms with Crippen LogP contribution in [0.25, 0.3) is 0 Å². The lowest BCUT2D eigenvalue weighted by molar-refractivity contribution is 0.322. The zero-order valence-corrected chi connectivity index (χ0v) is 14.0. The Morgan fingerprint density at radius 3 is 2.55 bits per heavy atom. The molecule has 0 spiro atoms. The molecule has 2 atom stereocenters. The van der Waals surface area contributed by atoms with Gasteiger partial charge in [0.05, 0.1) is 13.2 Å². The highest BCUT2D eigenvalue weighted by molar-refractivity contribution is 5.33. The van der Waals surface area contributed by atoms with Crippen molar-refractivity contribution in [3.8, 4) is 5.75 Å². The van der Waals surface area contributed by atoms with Gasteiger partial charge in [0, 0.05) is 12.0 Å². The van der Waals surface area contributed by atoms with E-state index in [2.05, 4.69) is 42.3 Å². The number of hydrogen-bond acceptors (Lipinski definition) is 5. The van der Waals surface area contributed by atoms with Gasteiger partial charge in [-0.15, -0.1) is 0 Å². The molecule has 0 radical (unpaired) electrons. The third kappa shape index (κ3) is 4.07. The number of para-hydroxylation sites is 1. The van der Waals surface area contributed by atoms with Gasteiger partial charge < -0.3 is 14.6 Å². The number of nitrogens with zero attached hydrogens (tertiary/aromatic N) is 2. The molecule has 5 heteroatoms. The van der Waals surface area contributed by atoms with E-state index in [4.69, 9.17) is 9.26 Å². The Labute approximate surface area is 132 Å². The Balaban J connectivity index is 1.97. The maximum absolute atomic E-state index is 5.40. The summed E-state index contributed by atoms with van der Waals surface area (Å²) in [6.45, 7) is 8.28. The first kappa shape index (κ1) is 16.5. The third-order valence-electron chi connectivity index (χ3n) is 3.60. The summed E-state index contributed by atoms with van der Waals surface area (Å²) in [5, 5.41) is 7.51. The summed E-state index contributed by atoms with van der Waals surface area (Å²) in [4.78, 5) is 4.44. The summed E-state index contributed by atoms with van der Waals surface area (Å²) in [6.07, 6.45) is 0.875. The van der Waals surface area contributed by atoms with E-state index in [1.54, 1.807) is 7.11 Å². The van der Waals surface area contributed by atoms with Crippen molar-refractivity contribution >= 4 is 0 Å². The predicted octanol–water partition coefficient (Wildman–Crippen LogP) is 3.48. The molecule has 1 heterocycles. The summed E-state index contributed by atoms with van der Waals surface area (Å²) in [5.41, 5.74) is 1.19. The minimum atomic E-state index is 0.0182. The Morgan fingerprint density at radius 2 is 1.91 bits per heavy atom. The van der Waals surface area contributed by atoms with Crippen LogP contribution < -0.4 is 10.1 Å². The van der Waals surface area contributed by atoms with Gasteiger partial charge in [0.15, 0.2) is 5.82 Å². The van der Waals surface area contributed by atoms with Crippen molar-refractivity contribution < 1.29 is 9.26 Å². The molecular weight excluding hydrogens is 278 g/mol. The van der Waals surface area contributed by atoms with Gasteiger partial charge in [-0.3, -0.25) is 0 Å². The van der Waals surface area contributed by atoms with Crippen LogP contribution in [-0.2, 0) is 6.42 Å². The topological polar surface area (TPSA) is 60.2 Å². The molecule has 2 aromatic rings. The van der Waals surface area contributed by atoms with E-state index < -0.39 is 0 Å². The van der Waals surface area contributed by atoms with Crippen molar-refractivity contribution in [2.45, 2.75) is 52.1 Å². The van der Waals surface area contributed by atoms with Crippen molar-refractivity contribution in [2.75, 3.05) is 7.11 Å². The van der Waals surface area contributed by atoms with Gasteiger partial charge in [-0.05, 0) is 31.9 Å². The molecule has 1 N–H and O–H groups in total. The first-order valence-electron chi connectivity index (χ1n) is 7.72. The number of nitrogens with one attached hydrogen (secondary N) is 1. The normalized spacial score (nSPS) is 14.1. The highest BCUT2D eigenvalue weighted by Crippen LogP contribution is 2.20. The lowest BCUT2D eigenvalue weighted by atomic mass is 10.1. The molecule has 0 aliphatic carbocycles. The molecule has 0 aliphatic rings. The SMILES string of the molecule is COc1ccccc1C[C@@H](C)N[C@@H](C)c1nc(C(C)C)no1. The van der Waals surface area contributed by atoms with E-state index in [0.717, 1.165) is 18.0 Å². The van der Waals surface area contributed by atoms with Gasteiger partial charge in [-0.25, -0.2) is 0 Å². The minimum Gasteiger partial charge on any atom is -0.496 e. The van der Waals surface area contributed by atoms with Crippen LogP contribution in [0.5, 0.6) is 5.75 Å². The molecule has 0 fully saturated rings. The van der Waals surface area contributed by atoms with Gasteiger partial charge in [-0.2, -0.15) is 4.98 Å². The Hall–Kier alpha value is -1.88. The summed E-state index contributed by atoms with van der Waals surface area (Å²) >= 11 is 0. The van der Waals surface area contributed by atoms with Crippen molar-refractivity contribution in [1.82, 2.24) is 15.5 Å². The van der Waals surface area contributed by atoms with E-state index in [1.807, 2.05) is 25.1 Å². The van der Waals surface area contributed by atoms with Crippen LogP contribution in [0.3, 0.4) is 0 Å². The summed E-state index contributed by atoms with van der Waals surface area (Å²) in [6, 6.07) is 8.37. The van der Waals surface area contributed by atoms with Crippen LogP contribution in [0.1, 0.15) is 56.9 Å². The second kappa shape index (κ2) is 7.40. The molecule has 1 aromatic heterocycles. The minimum absolute atomic E-state index is 0.0182. The molecule has 1 aromatic carbocycles. The number of aromatic nitrogens is 2. The number of ether oxygens (including phenoxy) is 1. The molecule has 0 aliphatic heterocycles. The monoisotopic (exact) mass is 303 g/mol. The van der Waals surface area contributed by atoms with Crippen molar-refractivity contribution in [3.05, 3.63) is 41.5 Å². The molecule has 5 nitrogen and oxygen atoms in total. The van der Waals surface area contributed by atoms with E-state index in [9.17, 15) is 0 Å². The quantitative estimate of drug-likeness (QED) is 0.848. The zero-order valence-electron chi connectivity index (χ0n) is 14.0. The van der Waals surface area contributed by atoms with Gasteiger partial charge >= 0.3 is 0 Å². The predicted molar refractivity (Wildman–Crippen MR) is 86.1 cm³/mol. The smallest absolute Gasteiger partial charge is 0.243 e. The molecular formula is C17H25N3O2. The van der Waals surface area contributed by atoms with Crippen molar-refractivity contribution in [1.29, 1.82) is 0 Å². The van der Waals surface area contributed by atoms with Gasteiger partial charge in [-0.1, -0.05) is 37.2 Å². The lowest BCUT2D eigenvalue weighted by Crippen LogP contribution is -2.31. The Bertz CT molecular complexity index is 595. The standard InChI is InChI=1S/C17H25N3O2/c1-11(2)16-19-17(22-20-16)13(4)18-12(3)10-14-8-6-7-9-15(14)21-5/h6-9,11-13,18H,10H2,1-5H3/t12-,13+/m1/s1. The summed E-state index contributed by atoms with van der Waals surface area (Å²) < 4.78 is 10.7. The molecule has 22 heavy (non-hydrogen) atoms. The Morgan fingerprint density at radius 1 is 1.18 bits per heavy atom. The first-order valence-corrected chi connectivity index (χ1v) is 7.72. The van der Waals surface area contributed by atoms with Crippen molar-refractivity contribution in [2.24, 2.45) is 0 Å². The number of rotatable bonds is 7. The van der Waals surface area contributed by atoms with E-state index in [1.165, 1.54) is 5.56 Å². The fraction of sp³-hybridized carbons (Fsp3) is 0.529. The van der Waals surface area contributed by atoms with Gasteiger partial charge in [0.2, 0.25) is 5.89 Å². The van der Waals surface area contributed by atoms with Crippen molar-refractivity contribution in [3.63, 3.8) is 0 Å². The summed E-state index contributed by atoms with van der Waals surface area (Å²) in [7, 11) is 1.70. The molecule has 2 rings (SSSR count). The second-order valence-electron chi connectivity index (χ2n) is 5.95. The van der Waals surface area contributed by atoms with Crippen LogP contribution in [0.15, 0.2) is 28.8 Å². The zero-order chi connectivity index (χ0) is 16.1. The first-order chi connectivity index (χ1) is 10.5. The molecule has 0 saturated heterocycles. The molecule has 120 valence electrons. The maximum Gasteiger partial charge on any atom is 0.243 e. The average Bonchev–Trinajstić information content (AvgIpc) is 2.98. The van der Waals surface area contributed by atoms with Gasteiger partial charge in [0.1, 0.15) is 5.75 Å². The van der Waals surface area contributed by atoms with E-state index in [-0.39, 0.29) is 18.0 Å². The highest BCUT2D eigenvalue weighted by Gasteiger charge is 2.18. The highest BCUT2D eigenvalue weighted by atomic mass is 16.5. The fourth-order valence-corrected chi connectivity index (χ4v) is 2.42. The number of benzene rings is 1. The van der Waals surface area contributed by atoms with Crippen LogP contribution in [-0.4, -0.2) is 23.3 Å². The fourth-order valence-electron chi connectivity index (χ4n) is 2.42. The molecule has 0 amide bonds. The molecule has 0 saturated carbocycles. The van der Waals surface area contributed by atoms with Crippen LogP contribution >= 0.6 is 0 Å². The largest absolute Gasteiger partial charge is 0.496 e. The molecule has 0 bridgehead atoms. The van der Waals surface area contributed by atoms with Crippen LogP contribution in [0.2, 0.25) is 0 Å². The number of hydrogen-bond donors (Lipinski definition) is 1.